The van der Waals surface area contributed by atoms with Crippen LogP contribution in [0.15, 0.2) is 47.3 Å². The summed E-state index contributed by atoms with van der Waals surface area (Å²) in [6.45, 7) is 3.80. The first-order valence-corrected chi connectivity index (χ1v) is 9.76. The third-order valence-electron chi connectivity index (χ3n) is 4.38. The number of benzene rings is 2. The minimum Gasteiger partial charge on any atom is -0.456 e. The van der Waals surface area contributed by atoms with Crippen molar-refractivity contribution in [2.45, 2.75) is 13.8 Å². The van der Waals surface area contributed by atoms with Crippen LogP contribution in [0.5, 0.6) is 11.5 Å². The molecular formula is C21H19FIN3O3. The molecule has 0 aliphatic rings. The highest BCUT2D eigenvalue weighted by molar-refractivity contribution is 14.1. The number of ether oxygens (including phenoxy) is 1. The van der Waals surface area contributed by atoms with Gasteiger partial charge in [0.2, 0.25) is 0 Å². The van der Waals surface area contributed by atoms with Gasteiger partial charge in [-0.2, -0.15) is 0 Å². The van der Waals surface area contributed by atoms with Crippen molar-refractivity contribution >= 4 is 40.0 Å². The lowest BCUT2D eigenvalue weighted by Gasteiger charge is -2.19. The van der Waals surface area contributed by atoms with Crippen molar-refractivity contribution in [3.63, 3.8) is 0 Å². The van der Waals surface area contributed by atoms with E-state index in [9.17, 15) is 14.0 Å². The van der Waals surface area contributed by atoms with E-state index in [0.29, 0.717) is 9.32 Å². The normalized spacial score (nSPS) is 10.7. The Balaban J connectivity index is 2.15. The molecule has 3 N–H and O–H groups in total. The monoisotopic (exact) mass is 507 g/mol. The molecule has 3 aromatic rings. The molecule has 0 radical (unpaired) electrons. The van der Waals surface area contributed by atoms with Gasteiger partial charge in [0.25, 0.3) is 11.5 Å². The SMILES string of the molecule is Cc1ccc(Oc2cc(=O)n(C)c(Nc3ccc(I)cc3F)c2C(N)=O)c(C)c1. The highest BCUT2D eigenvalue weighted by Crippen LogP contribution is 2.32. The maximum atomic E-state index is 14.3. The lowest BCUT2D eigenvalue weighted by atomic mass is 10.1. The zero-order valence-corrected chi connectivity index (χ0v) is 18.2. The molecule has 29 heavy (non-hydrogen) atoms. The number of nitrogens with one attached hydrogen (secondary N) is 1. The molecule has 2 aromatic carbocycles. The fraction of sp³-hybridized carbons (Fsp3) is 0.143. The van der Waals surface area contributed by atoms with E-state index in [0.717, 1.165) is 11.1 Å². The number of aromatic nitrogens is 1. The van der Waals surface area contributed by atoms with Gasteiger partial charge in [0.15, 0.2) is 0 Å². The number of nitrogens with zero attached hydrogens (tertiary/aromatic N) is 1. The van der Waals surface area contributed by atoms with Gasteiger partial charge in [-0.05, 0) is 66.3 Å². The number of nitrogens with two attached hydrogens (primary N) is 1. The topological polar surface area (TPSA) is 86.3 Å². The van der Waals surface area contributed by atoms with Crippen molar-refractivity contribution in [1.82, 2.24) is 4.57 Å². The van der Waals surface area contributed by atoms with Crippen LogP contribution in [-0.4, -0.2) is 10.5 Å². The van der Waals surface area contributed by atoms with E-state index < -0.39 is 17.3 Å². The van der Waals surface area contributed by atoms with E-state index in [4.69, 9.17) is 10.5 Å². The van der Waals surface area contributed by atoms with Crippen LogP contribution in [0.2, 0.25) is 0 Å². The van der Waals surface area contributed by atoms with E-state index in [2.05, 4.69) is 5.32 Å². The van der Waals surface area contributed by atoms with Crippen LogP contribution in [0, 0.1) is 23.2 Å². The Morgan fingerprint density at radius 2 is 1.86 bits per heavy atom. The van der Waals surface area contributed by atoms with Gasteiger partial charge in [-0.15, -0.1) is 0 Å². The minimum absolute atomic E-state index is 0.000901. The Hall–Kier alpha value is -2.88. The molecule has 8 heteroatoms. The average molecular weight is 507 g/mol. The molecule has 0 fully saturated rings. The Morgan fingerprint density at radius 3 is 2.48 bits per heavy atom. The number of anilines is 2. The zero-order valence-electron chi connectivity index (χ0n) is 16.0. The molecule has 0 spiro atoms. The van der Waals surface area contributed by atoms with Crippen molar-refractivity contribution in [3.05, 3.63) is 78.9 Å². The van der Waals surface area contributed by atoms with E-state index in [1.165, 1.54) is 29.8 Å². The van der Waals surface area contributed by atoms with Gasteiger partial charge >= 0.3 is 0 Å². The van der Waals surface area contributed by atoms with Gasteiger partial charge in [0.05, 0.1) is 5.69 Å². The Labute approximate surface area is 180 Å². The number of aryl methyl sites for hydroxylation is 2. The summed E-state index contributed by atoms with van der Waals surface area (Å²) >= 11 is 1.99. The molecular weight excluding hydrogens is 488 g/mol. The van der Waals surface area contributed by atoms with E-state index in [-0.39, 0.29) is 22.8 Å². The minimum atomic E-state index is -0.811. The molecule has 0 aliphatic carbocycles. The predicted octanol–water partition coefficient (Wildman–Crippen LogP) is 4.38. The number of pyridine rings is 1. The summed E-state index contributed by atoms with van der Waals surface area (Å²) in [5.74, 6) is -0.808. The fourth-order valence-corrected chi connectivity index (χ4v) is 3.34. The van der Waals surface area contributed by atoms with Crippen molar-refractivity contribution in [3.8, 4) is 11.5 Å². The number of carbonyl (C=O) groups is 1. The van der Waals surface area contributed by atoms with Crippen molar-refractivity contribution in [2.75, 3.05) is 5.32 Å². The van der Waals surface area contributed by atoms with Gasteiger partial charge in [-0.1, -0.05) is 17.7 Å². The molecule has 1 aromatic heterocycles. The van der Waals surface area contributed by atoms with Crippen LogP contribution in [0.1, 0.15) is 21.5 Å². The average Bonchev–Trinajstić information content (AvgIpc) is 2.63. The first-order chi connectivity index (χ1) is 13.7. The van der Waals surface area contributed by atoms with Gasteiger partial charge in [-0.3, -0.25) is 14.2 Å². The second-order valence-corrected chi connectivity index (χ2v) is 7.86. The van der Waals surface area contributed by atoms with Crippen LogP contribution in [0.3, 0.4) is 0 Å². The quantitative estimate of drug-likeness (QED) is 0.502. The maximum Gasteiger partial charge on any atom is 0.256 e. The summed E-state index contributed by atoms with van der Waals surface area (Å²) in [7, 11) is 1.46. The summed E-state index contributed by atoms with van der Waals surface area (Å²) in [6.07, 6.45) is 0. The third-order valence-corrected chi connectivity index (χ3v) is 5.06. The van der Waals surface area contributed by atoms with Crippen molar-refractivity contribution in [1.29, 1.82) is 0 Å². The number of carbonyl (C=O) groups excluding carboxylic acids is 1. The Kier molecular flexibility index (Phi) is 5.92. The molecule has 0 unspecified atom stereocenters. The van der Waals surface area contributed by atoms with Crippen LogP contribution in [-0.2, 0) is 7.05 Å². The summed E-state index contributed by atoms with van der Waals surface area (Å²) in [5, 5.41) is 2.81. The van der Waals surface area contributed by atoms with Gasteiger partial charge < -0.3 is 15.8 Å². The lowest BCUT2D eigenvalue weighted by Crippen LogP contribution is -2.25. The van der Waals surface area contributed by atoms with Gasteiger partial charge in [0, 0.05) is 16.7 Å². The largest absolute Gasteiger partial charge is 0.456 e. The first kappa shape index (κ1) is 20.8. The van der Waals surface area contributed by atoms with Crippen LogP contribution < -0.4 is 21.3 Å². The number of hydrogen-bond donors (Lipinski definition) is 2. The van der Waals surface area contributed by atoms with Crippen LogP contribution in [0.4, 0.5) is 15.9 Å². The second-order valence-electron chi connectivity index (χ2n) is 6.61. The molecule has 6 nitrogen and oxygen atoms in total. The number of hydrogen-bond acceptors (Lipinski definition) is 4. The highest BCUT2D eigenvalue weighted by Gasteiger charge is 2.22. The summed E-state index contributed by atoms with van der Waals surface area (Å²) in [4.78, 5) is 24.7. The molecule has 0 saturated carbocycles. The lowest BCUT2D eigenvalue weighted by molar-refractivity contribution is 0.0998. The molecule has 0 aliphatic heterocycles. The molecule has 1 heterocycles. The Bertz CT molecular complexity index is 1170. The first-order valence-electron chi connectivity index (χ1n) is 8.68. The molecule has 0 bridgehead atoms. The molecule has 0 saturated heterocycles. The van der Waals surface area contributed by atoms with E-state index >= 15 is 0 Å². The molecule has 3 rings (SSSR count). The van der Waals surface area contributed by atoms with Crippen molar-refractivity contribution in [2.24, 2.45) is 12.8 Å². The summed E-state index contributed by atoms with van der Waals surface area (Å²) in [6, 6.07) is 11.3. The second kappa shape index (κ2) is 8.24. The Morgan fingerprint density at radius 1 is 1.14 bits per heavy atom. The van der Waals surface area contributed by atoms with E-state index in [1.807, 2.05) is 48.6 Å². The predicted molar refractivity (Wildman–Crippen MR) is 119 cm³/mol. The summed E-state index contributed by atoms with van der Waals surface area (Å²) < 4.78 is 22.1. The zero-order chi connectivity index (χ0) is 21.3. The fourth-order valence-electron chi connectivity index (χ4n) is 2.89. The standard InChI is InChI=1S/C21H19FIN3O3/c1-11-4-7-16(12(2)8-11)29-17-10-18(27)26(3)21(19(17)20(24)28)25-15-6-5-13(23)9-14(15)22/h4-10,25H,1-3H3,(H2,24,28). The number of amides is 1. The van der Waals surface area contributed by atoms with Gasteiger partial charge in [0.1, 0.15) is 28.7 Å². The molecule has 1 amide bonds. The maximum absolute atomic E-state index is 14.3. The van der Waals surface area contributed by atoms with Gasteiger partial charge in [-0.25, -0.2) is 4.39 Å². The van der Waals surface area contributed by atoms with Crippen LogP contribution in [0.25, 0.3) is 0 Å². The third kappa shape index (κ3) is 4.42. The molecule has 0 atom stereocenters. The van der Waals surface area contributed by atoms with Crippen molar-refractivity contribution < 1.29 is 13.9 Å². The highest BCUT2D eigenvalue weighted by atomic mass is 127. The molecule has 150 valence electrons. The summed E-state index contributed by atoms with van der Waals surface area (Å²) in [5.41, 5.74) is 7.09. The number of primary amides is 1. The smallest absolute Gasteiger partial charge is 0.256 e. The van der Waals surface area contributed by atoms with E-state index in [1.54, 1.807) is 12.1 Å². The number of halogens is 2. The number of rotatable bonds is 5. The van der Waals surface area contributed by atoms with Crippen LogP contribution >= 0.6 is 22.6 Å².